The molecule has 0 bridgehead atoms. The lowest BCUT2D eigenvalue weighted by atomic mass is 9.97. The van der Waals surface area contributed by atoms with Gasteiger partial charge in [0.15, 0.2) is 0 Å². The molecule has 0 radical (unpaired) electrons. The van der Waals surface area contributed by atoms with Crippen molar-refractivity contribution in [3.8, 4) is 0 Å². The van der Waals surface area contributed by atoms with Crippen LogP contribution in [0, 0.1) is 5.92 Å². The molecule has 0 saturated carbocycles. The lowest BCUT2D eigenvalue weighted by Gasteiger charge is -2.26. The second kappa shape index (κ2) is 7.06. The van der Waals surface area contributed by atoms with Crippen LogP contribution < -0.4 is 10.8 Å². The smallest absolute Gasteiger partial charge is 0.243 e. The molecule has 0 aromatic carbocycles. The van der Waals surface area contributed by atoms with E-state index >= 15 is 0 Å². The molecule has 1 rings (SSSR count). The third-order valence-corrected chi connectivity index (χ3v) is 1.77. The summed E-state index contributed by atoms with van der Waals surface area (Å²) < 4.78 is 0. The number of rotatable bonds is 3. The Morgan fingerprint density at radius 1 is 1.58 bits per heavy atom. The number of hydrogen-bond acceptors (Lipinski definition) is 3. The van der Waals surface area contributed by atoms with Gasteiger partial charge in [-0.05, 0) is 25.4 Å². The van der Waals surface area contributed by atoms with Crippen LogP contribution in [0.25, 0.3) is 0 Å². The average Bonchev–Trinajstić information content (AvgIpc) is 2.05. The monoisotopic (exact) mass is 174 g/mol. The number of carbonyl (C=O) groups is 1. The molecule has 12 heavy (non-hydrogen) atoms. The minimum atomic E-state index is -0.285. The Hall–Kier alpha value is -0.610. The second-order valence-electron chi connectivity index (χ2n) is 2.60. The largest absolute Gasteiger partial charge is 0.316 e. The lowest BCUT2D eigenvalue weighted by Crippen LogP contribution is -2.42. The first-order valence-corrected chi connectivity index (χ1v) is 4.46. The van der Waals surface area contributed by atoms with E-state index in [9.17, 15) is 4.79 Å². The zero-order chi connectivity index (χ0) is 9.40. The van der Waals surface area contributed by atoms with E-state index < -0.39 is 0 Å². The summed E-state index contributed by atoms with van der Waals surface area (Å²) in [5.74, 6) is 0.351. The van der Waals surface area contributed by atoms with Crippen molar-refractivity contribution in [2.45, 2.75) is 26.7 Å². The molecule has 1 heterocycles. The molecule has 0 aliphatic carbocycles. The van der Waals surface area contributed by atoms with Crippen molar-refractivity contribution < 1.29 is 10.0 Å². The van der Waals surface area contributed by atoms with Gasteiger partial charge >= 0.3 is 0 Å². The van der Waals surface area contributed by atoms with E-state index in [0.717, 1.165) is 19.5 Å². The molecule has 4 nitrogen and oxygen atoms in total. The fourth-order valence-corrected chi connectivity index (χ4v) is 0.944. The molecule has 0 spiro atoms. The van der Waals surface area contributed by atoms with Gasteiger partial charge in [-0.3, -0.25) is 10.0 Å². The van der Waals surface area contributed by atoms with Gasteiger partial charge in [0.2, 0.25) is 5.91 Å². The molecule has 72 valence electrons. The van der Waals surface area contributed by atoms with E-state index in [-0.39, 0.29) is 5.91 Å². The van der Waals surface area contributed by atoms with Crippen LogP contribution in [0.4, 0.5) is 0 Å². The Bertz CT molecular complexity index is 124. The van der Waals surface area contributed by atoms with Gasteiger partial charge in [-0.1, -0.05) is 13.8 Å². The van der Waals surface area contributed by atoms with Gasteiger partial charge < -0.3 is 5.32 Å². The molecule has 1 amide bonds. The molecule has 1 saturated heterocycles. The molecule has 0 aromatic heterocycles. The van der Waals surface area contributed by atoms with E-state index in [0.29, 0.717) is 12.3 Å². The average molecular weight is 174 g/mol. The maximum atomic E-state index is 10.5. The van der Waals surface area contributed by atoms with Gasteiger partial charge in [-0.2, -0.15) is 0 Å². The standard InChI is InChI=1S/C6H12N2O2.C2H6/c9-6(8-10)2-1-5-3-7-4-5;1-2/h5,7,10H,1-4H2,(H,8,9);1-2H3. The molecule has 0 unspecified atom stereocenters. The van der Waals surface area contributed by atoms with Crippen LogP contribution in [0.15, 0.2) is 0 Å². The summed E-state index contributed by atoms with van der Waals surface area (Å²) in [6, 6.07) is 0. The molecule has 1 aliphatic heterocycles. The van der Waals surface area contributed by atoms with E-state index in [4.69, 9.17) is 5.21 Å². The Labute approximate surface area is 73.3 Å². The molecule has 1 fully saturated rings. The number of hydroxylamine groups is 1. The zero-order valence-corrected chi connectivity index (χ0v) is 7.76. The first-order chi connectivity index (χ1) is 5.83. The molecule has 0 atom stereocenters. The highest BCUT2D eigenvalue weighted by atomic mass is 16.5. The highest BCUT2D eigenvalue weighted by molar-refractivity contribution is 5.74. The van der Waals surface area contributed by atoms with Crippen LogP contribution in [-0.2, 0) is 4.79 Å². The third-order valence-electron chi connectivity index (χ3n) is 1.77. The Morgan fingerprint density at radius 2 is 2.17 bits per heavy atom. The van der Waals surface area contributed by atoms with Crippen LogP contribution in [0.5, 0.6) is 0 Å². The Morgan fingerprint density at radius 3 is 2.50 bits per heavy atom. The summed E-state index contributed by atoms with van der Waals surface area (Å²) in [7, 11) is 0. The van der Waals surface area contributed by atoms with E-state index in [1.807, 2.05) is 13.8 Å². The minimum absolute atomic E-state index is 0.285. The second-order valence-corrected chi connectivity index (χ2v) is 2.60. The highest BCUT2D eigenvalue weighted by Gasteiger charge is 2.16. The summed E-state index contributed by atoms with van der Waals surface area (Å²) in [5.41, 5.74) is 1.61. The van der Waals surface area contributed by atoms with Crippen molar-refractivity contribution >= 4 is 5.91 Å². The van der Waals surface area contributed by atoms with Crippen molar-refractivity contribution in [1.82, 2.24) is 10.8 Å². The maximum Gasteiger partial charge on any atom is 0.243 e. The van der Waals surface area contributed by atoms with Crippen molar-refractivity contribution in [3.63, 3.8) is 0 Å². The molecule has 1 aliphatic rings. The summed E-state index contributed by atoms with van der Waals surface area (Å²) in [6.45, 7) is 6.03. The van der Waals surface area contributed by atoms with Crippen molar-refractivity contribution in [1.29, 1.82) is 0 Å². The van der Waals surface area contributed by atoms with E-state index in [2.05, 4.69) is 5.32 Å². The SMILES string of the molecule is CC.O=C(CCC1CNC1)NO. The zero-order valence-electron chi connectivity index (χ0n) is 7.76. The topological polar surface area (TPSA) is 61.4 Å². The van der Waals surface area contributed by atoms with Crippen LogP contribution >= 0.6 is 0 Å². The van der Waals surface area contributed by atoms with Crippen LogP contribution in [0.2, 0.25) is 0 Å². The van der Waals surface area contributed by atoms with E-state index in [1.165, 1.54) is 0 Å². The number of nitrogens with one attached hydrogen (secondary N) is 2. The lowest BCUT2D eigenvalue weighted by molar-refractivity contribution is -0.129. The molecule has 3 N–H and O–H groups in total. The summed E-state index contributed by atoms with van der Waals surface area (Å²) >= 11 is 0. The fraction of sp³-hybridized carbons (Fsp3) is 0.875. The first-order valence-electron chi connectivity index (χ1n) is 4.46. The van der Waals surface area contributed by atoms with Gasteiger partial charge in [-0.25, -0.2) is 5.48 Å². The Kier molecular flexibility index (Phi) is 6.70. The van der Waals surface area contributed by atoms with Crippen LogP contribution in [0.3, 0.4) is 0 Å². The predicted molar refractivity (Wildman–Crippen MR) is 46.9 cm³/mol. The summed E-state index contributed by atoms with van der Waals surface area (Å²) in [6.07, 6.45) is 1.31. The molecular weight excluding hydrogens is 156 g/mol. The van der Waals surface area contributed by atoms with Crippen molar-refractivity contribution in [3.05, 3.63) is 0 Å². The van der Waals surface area contributed by atoms with E-state index in [1.54, 1.807) is 5.48 Å². The number of hydrogen-bond donors (Lipinski definition) is 3. The van der Waals surface area contributed by atoms with Gasteiger partial charge in [0.25, 0.3) is 0 Å². The van der Waals surface area contributed by atoms with Gasteiger partial charge in [0.1, 0.15) is 0 Å². The summed E-state index contributed by atoms with van der Waals surface area (Å²) in [5, 5.41) is 11.2. The number of amides is 1. The van der Waals surface area contributed by atoms with Crippen LogP contribution in [0.1, 0.15) is 26.7 Å². The maximum absolute atomic E-state index is 10.5. The summed E-state index contributed by atoms with van der Waals surface area (Å²) in [4.78, 5) is 10.5. The van der Waals surface area contributed by atoms with Gasteiger partial charge in [0, 0.05) is 6.42 Å². The Balaban J connectivity index is 0.000000561. The fourth-order valence-electron chi connectivity index (χ4n) is 0.944. The predicted octanol–water partition coefficient (Wildman–Crippen LogP) is 0.518. The third kappa shape index (κ3) is 4.31. The van der Waals surface area contributed by atoms with Crippen LogP contribution in [-0.4, -0.2) is 24.2 Å². The minimum Gasteiger partial charge on any atom is -0.316 e. The molecule has 0 aromatic rings. The van der Waals surface area contributed by atoms with Gasteiger partial charge in [-0.15, -0.1) is 0 Å². The van der Waals surface area contributed by atoms with Gasteiger partial charge in [0.05, 0.1) is 0 Å². The normalized spacial score (nSPS) is 15.6. The highest BCUT2D eigenvalue weighted by Crippen LogP contribution is 2.09. The molecule has 4 heteroatoms. The number of carbonyl (C=O) groups excluding carboxylic acids is 1. The molecular formula is C8H18N2O2. The quantitative estimate of drug-likeness (QED) is 0.432. The van der Waals surface area contributed by atoms with Crippen molar-refractivity contribution in [2.24, 2.45) is 5.92 Å². The first kappa shape index (κ1) is 11.4. The van der Waals surface area contributed by atoms with Crippen molar-refractivity contribution in [2.75, 3.05) is 13.1 Å².